The molecule has 1 aromatic carbocycles. The van der Waals surface area contributed by atoms with Gasteiger partial charge in [0.1, 0.15) is 5.82 Å². The van der Waals surface area contributed by atoms with E-state index in [-0.39, 0.29) is 17.5 Å². The van der Waals surface area contributed by atoms with Crippen LogP contribution in [0.15, 0.2) is 18.2 Å². The van der Waals surface area contributed by atoms with E-state index >= 15 is 0 Å². The standard InChI is InChI=1S/C17H24FN3O2/c1-17(2,3)16(23)21-11-6-7-13(18)12(8-11)15(22)20-9-14(19)10-4-5-10/h6-8,10,14H,4-5,9,19H2,1-3H3,(H,20,22)(H,21,23). The summed E-state index contributed by atoms with van der Waals surface area (Å²) in [5, 5.41) is 5.34. The lowest BCUT2D eigenvalue weighted by molar-refractivity contribution is -0.123. The summed E-state index contributed by atoms with van der Waals surface area (Å²) in [5.74, 6) is -0.898. The minimum absolute atomic E-state index is 0.0919. The average molecular weight is 321 g/mol. The molecular weight excluding hydrogens is 297 g/mol. The molecule has 0 heterocycles. The molecule has 0 aromatic heterocycles. The summed E-state index contributed by atoms with van der Waals surface area (Å²) in [5.41, 5.74) is 5.64. The van der Waals surface area contributed by atoms with Gasteiger partial charge in [-0.2, -0.15) is 0 Å². The number of rotatable bonds is 5. The second-order valence-electron chi connectivity index (χ2n) is 7.11. The highest BCUT2D eigenvalue weighted by Crippen LogP contribution is 2.31. The number of nitrogens with two attached hydrogens (primary N) is 1. The molecule has 1 aliphatic carbocycles. The highest BCUT2D eigenvalue weighted by atomic mass is 19.1. The molecule has 1 fully saturated rings. The normalized spacial score (nSPS) is 15.9. The Morgan fingerprint density at radius 3 is 2.57 bits per heavy atom. The van der Waals surface area contributed by atoms with Gasteiger partial charge < -0.3 is 16.4 Å². The smallest absolute Gasteiger partial charge is 0.254 e. The van der Waals surface area contributed by atoms with Gasteiger partial charge in [0.25, 0.3) is 5.91 Å². The zero-order chi connectivity index (χ0) is 17.2. The summed E-state index contributed by atoms with van der Waals surface area (Å²) in [6.45, 7) is 5.65. The molecular formula is C17H24FN3O2. The lowest BCUT2D eigenvalue weighted by Crippen LogP contribution is -2.38. The van der Waals surface area contributed by atoms with E-state index < -0.39 is 17.1 Å². The monoisotopic (exact) mass is 321 g/mol. The Morgan fingerprint density at radius 1 is 1.35 bits per heavy atom. The fraction of sp³-hybridized carbons (Fsp3) is 0.529. The summed E-state index contributed by atoms with van der Waals surface area (Å²) >= 11 is 0. The predicted octanol–water partition coefficient (Wildman–Crippen LogP) is 2.28. The fourth-order valence-corrected chi connectivity index (χ4v) is 2.09. The van der Waals surface area contributed by atoms with Crippen LogP contribution < -0.4 is 16.4 Å². The van der Waals surface area contributed by atoms with Crippen LogP contribution in [0.2, 0.25) is 0 Å². The van der Waals surface area contributed by atoms with E-state index in [1.807, 2.05) is 0 Å². The maximum atomic E-state index is 13.9. The molecule has 126 valence electrons. The topological polar surface area (TPSA) is 84.2 Å². The van der Waals surface area contributed by atoms with Crippen molar-refractivity contribution in [2.75, 3.05) is 11.9 Å². The first-order valence-corrected chi connectivity index (χ1v) is 7.83. The summed E-state index contributed by atoms with van der Waals surface area (Å²) < 4.78 is 13.9. The van der Waals surface area contributed by atoms with Gasteiger partial charge in [-0.3, -0.25) is 9.59 Å². The minimum atomic E-state index is -0.628. The van der Waals surface area contributed by atoms with Crippen molar-refractivity contribution in [3.63, 3.8) is 0 Å². The molecule has 4 N–H and O–H groups in total. The van der Waals surface area contributed by atoms with E-state index in [0.29, 0.717) is 18.2 Å². The number of amides is 2. The van der Waals surface area contributed by atoms with Crippen LogP contribution in [0.3, 0.4) is 0 Å². The van der Waals surface area contributed by atoms with Gasteiger partial charge in [0.2, 0.25) is 5.91 Å². The third-order valence-corrected chi connectivity index (χ3v) is 3.88. The van der Waals surface area contributed by atoms with E-state index in [1.54, 1.807) is 20.8 Å². The molecule has 0 radical (unpaired) electrons. The van der Waals surface area contributed by atoms with Crippen molar-refractivity contribution < 1.29 is 14.0 Å². The van der Waals surface area contributed by atoms with Crippen molar-refractivity contribution in [2.24, 2.45) is 17.1 Å². The second-order valence-corrected chi connectivity index (χ2v) is 7.11. The van der Waals surface area contributed by atoms with Crippen LogP contribution in [-0.4, -0.2) is 24.4 Å². The zero-order valence-electron chi connectivity index (χ0n) is 13.8. The first-order chi connectivity index (χ1) is 10.7. The largest absolute Gasteiger partial charge is 0.350 e. The number of anilines is 1. The van der Waals surface area contributed by atoms with Gasteiger partial charge in [0.15, 0.2) is 0 Å². The molecule has 0 bridgehead atoms. The maximum Gasteiger partial charge on any atom is 0.254 e. The molecule has 2 rings (SSSR count). The number of hydrogen-bond donors (Lipinski definition) is 3. The van der Waals surface area contributed by atoms with Crippen molar-refractivity contribution in [1.29, 1.82) is 0 Å². The van der Waals surface area contributed by atoms with Crippen LogP contribution in [-0.2, 0) is 4.79 Å². The summed E-state index contributed by atoms with van der Waals surface area (Å²) in [4.78, 5) is 24.1. The number of carbonyl (C=O) groups is 2. The van der Waals surface area contributed by atoms with Crippen molar-refractivity contribution in [1.82, 2.24) is 5.32 Å². The molecule has 0 aliphatic heterocycles. The molecule has 1 saturated carbocycles. The van der Waals surface area contributed by atoms with Crippen molar-refractivity contribution in [2.45, 2.75) is 39.7 Å². The quantitative estimate of drug-likeness (QED) is 0.778. The Kier molecular flexibility index (Phi) is 5.04. The molecule has 1 aliphatic rings. The highest BCUT2D eigenvalue weighted by Gasteiger charge is 2.28. The molecule has 6 heteroatoms. The maximum absolute atomic E-state index is 13.9. The Morgan fingerprint density at radius 2 is 2.00 bits per heavy atom. The van der Waals surface area contributed by atoms with Gasteiger partial charge in [-0.15, -0.1) is 0 Å². The third-order valence-electron chi connectivity index (χ3n) is 3.88. The van der Waals surface area contributed by atoms with Gasteiger partial charge in [-0.05, 0) is 37.0 Å². The van der Waals surface area contributed by atoms with Gasteiger partial charge in [0, 0.05) is 23.7 Å². The molecule has 23 heavy (non-hydrogen) atoms. The number of hydrogen-bond acceptors (Lipinski definition) is 3. The Hall–Kier alpha value is -1.95. The highest BCUT2D eigenvalue weighted by molar-refractivity contribution is 5.98. The van der Waals surface area contributed by atoms with Crippen LogP contribution in [0.4, 0.5) is 10.1 Å². The van der Waals surface area contributed by atoms with Gasteiger partial charge in [0.05, 0.1) is 5.56 Å². The molecule has 0 spiro atoms. The van der Waals surface area contributed by atoms with Crippen LogP contribution >= 0.6 is 0 Å². The van der Waals surface area contributed by atoms with Crippen molar-refractivity contribution >= 4 is 17.5 Å². The third kappa shape index (κ3) is 4.76. The van der Waals surface area contributed by atoms with Crippen LogP contribution in [0.25, 0.3) is 0 Å². The molecule has 0 saturated heterocycles. The van der Waals surface area contributed by atoms with Crippen LogP contribution in [0.1, 0.15) is 44.0 Å². The lowest BCUT2D eigenvalue weighted by Gasteiger charge is -2.18. The SMILES string of the molecule is CC(C)(C)C(=O)Nc1ccc(F)c(C(=O)NCC(N)C2CC2)c1. The van der Waals surface area contributed by atoms with E-state index in [4.69, 9.17) is 5.73 Å². The van der Waals surface area contributed by atoms with Gasteiger partial charge in [-0.1, -0.05) is 20.8 Å². The Bertz CT molecular complexity index is 606. The summed E-state index contributed by atoms with van der Waals surface area (Å²) in [7, 11) is 0. The first kappa shape index (κ1) is 17.4. The van der Waals surface area contributed by atoms with E-state index in [1.165, 1.54) is 18.2 Å². The zero-order valence-corrected chi connectivity index (χ0v) is 13.8. The van der Waals surface area contributed by atoms with Crippen molar-refractivity contribution in [3.05, 3.63) is 29.6 Å². The Labute approximate surface area is 135 Å². The van der Waals surface area contributed by atoms with E-state index in [2.05, 4.69) is 10.6 Å². The number of carbonyl (C=O) groups excluding carboxylic acids is 2. The first-order valence-electron chi connectivity index (χ1n) is 7.83. The number of halogens is 1. The number of benzene rings is 1. The minimum Gasteiger partial charge on any atom is -0.350 e. The molecule has 1 atom stereocenters. The second kappa shape index (κ2) is 6.66. The van der Waals surface area contributed by atoms with E-state index in [9.17, 15) is 14.0 Å². The van der Waals surface area contributed by atoms with Crippen LogP contribution in [0, 0.1) is 17.2 Å². The molecule has 2 amide bonds. The molecule has 5 nitrogen and oxygen atoms in total. The molecule has 1 aromatic rings. The number of nitrogens with one attached hydrogen (secondary N) is 2. The Balaban J connectivity index is 2.04. The van der Waals surface area contributed by atoms with Crippen LogP contribution in [0.5, 0.6) is 0 Å². The fourth-order valence-electron chi connectivity index (χ4n) is 2.09. The average Bonchev–Trinajstić information content (AvgIpc) is 3.30. The lowest BCUT2D eigenvalue weighted by atomic mass is 9.95. The van der Waals surface area contributed by atoms with Gasteiger partial charge in [-0.25, -0.2) is 4.39 Å². The van der Waals surface area contributed by atoms with E-state index in [0.717, 1.165) is 12.8 Å². The molecule has 1 unspecified atom stereocenters. The van der Waals surface area contributed by atoms with Gasteiger partial charge >= 0.3 is 0 Å². The van der Waals surface area contributed by atoms with Crippen molar-refractivity contribution in [3.8, 4) is 0 Å². The summed E-state index contributed by atoms with van der Waals surface area (Å²) in [6, 6.07) is 3.86. The summed E-state index contributed by atoms with van der Waals surface area (Å²) in [6.07, 6.45) is 2.17. The predicted molar refractivity (Wildman–Crippen MR) is 87.5 cm³/mol.